The van der Waals surface area contributed by atoms with Crippen LogP contribution in [0.5, 0.6) is 0 Å². The zero-order valence-corrected chi connectivity index (χ0v) is 22.8. The van der Waals surface area contributed by atoms with Gasteiger partial charge in [0.2, 0.25) is 23.6 Å². The van der Waals surface area contributed by atoms with Crippen LogP contribution in [-0.4, -0.2) is 59.5 Å². The molecule has 4 amide bonds. The number of carbonyl (C=O) groups excluding carboxylic acids is 4. The number of rotatable bonds is 12. The van der Waals surface area contributed by atoms with E-state index >= 15 is 0 Å². The van der Waals surface area contributed by atoms with Gasteiger partial charge in [-0.1, -0.05) is 57.4 Å². The molecule has 0 radical (unpaired) electrons. The molecular weight excluding hydrogens is 472 g/mol. The van der Waals surface area contributed by atoms with Crippen LogP contribution in [0.15, 0.2) is 36.5 Å². The molecule has 1 aliphatic rings. The van der Waals surface area contributed by atoms with Crippen LogP contribution in [0.3, 0.4) is 0 Å². The first-order valence-corrected chi connectivity index (χ1v) is 13.5. The molecule has 0 aliphatic carbocycles. The van der Waals surface area contributed by atoms with Crippen molar-refractivity contribution in [2.75, 3.05) is 6.54 Å². The van der Waals surface area contributed by atoms with Crippen LogP contribution >= 0.6 is 0 Å². The van der Waals surface area contributed by atoms with E-state index in [1.54, 1.807) is 25.2 Å². The molecule has 208 valence electrons. The van der Waals surface area contributed by atoms with Gasteiger partial charge in [-0.15, -0.1) is 0 Å². The Kier molecular flexibility index (Phi) is 15.9. The maximum Gasteiger partial charge on any atom is 0.245 e. The number of unbranched alkanes of at least 4 members (excludes halogenated alkanes) is 3. The number of carbonyl (C=O) groups is 4. The highest BCUT2D eigenvalue weighted by Gasteiger charge is 2.29. The van der Waals surface area contributed by atoms with E-state index in [2.05, 4.69) is 35.1 Å². The first-order valence-electron chi connectivity index (χ1n) is 13.5. The largest absolute Gasteiger partial charge is 0.391 e. The second kappa shape index (κ2) is 18.3. The Morgan fingerprint density at radius 2 is 1.89 bits per heavy atom. The second-order valence-electron chi connectivity index (χ2n) is 10.1. The summed E-state index contributed by atoms with van der Waals surface area (Å²) in [5, 5.41) is 20.8. The topological polar surface area (TPSA) is 137 Å². The molecule has 0 saturated carbocycles. The van der Waals surface area contributed by atoms with Crippen molar-refractivity contribution in [1.82, 2.24) is 21.3 Å². The van der Waals surface area contributed by atoms with E-state index < -0.39 is 42.0 Å². The summed E-state index contributed by atoms with van der Waals surface area (Å²) in [5.74, 6) is -1.04. The molecule has 37 heavy (non-hydrogen) atoms. The zero-order chi connectivity index (χ0) is 27.6. The van der Waals surface area contributed by atoms with Crippen molar-refractivity contribution >= 4 is 23.6 Å². The minimum absolute atomic E-state index is 0.219. The molecule has 9 heteroatoms. The number of aliphatic hydroxyl groups excluding tert-OH is 1. The van der Waals surface area contributed by atoms with Gasteiger partial charge in [0.15, 0.2) is 0 Å². The maximum atomic E-state index is 12.9. The van der Waals surface area contributed by atoms with Crippen LogP contribution in [-0.2, 0) is 19.2 Å². The Morgan fingerprint density at radius 1 is 1.14 bits per heavy atom. The van der Waals surface area contributed by atoms with Gasteiger partial charge in [-0.25, -0.2) is 0 Å². The third-order valence-corrected chi connectivity index (χ3v) is 5.97. The Morgan fingerprint density at radius 3 is 2.59 bits per heavy atom. The van der Waals surface area contributed by atoms with Gasteiger partial charge < -0.3 is 26.4 Å². The second-order valence-corrected chi connectivity index (χ2v) is 10.1. The predicted octanol–water partition coefficient (Wildman–Crippen LogP) is 2.42. The molecule has 0 aromatic rings. The Labute approximate surface area is 221 Å². The zero-order valence-electron chi connectivity index (χ0n) is 22.8. The summed E-state index contributed by atoms with van der Waals surface area (Å²) in [4.78, 5) is 49.7. The van der Waals surface area contributed by atoms with Crippen molar-refractivity contribution < 1.29 is 24.3 Å². The SMILES string of the molecule is CC(C)CCCCC/C=C/C=C/C(=O)N[C@H](C(=O)N[C@H]1CCCCNC(=O)/C=C/[C@H](C)NC1=O)[C@@H](C)O. The van der Waals surface area contributed by atoms with E-state index in [0.717, 1.165) is 18.8 Å². The average Bonchev–Trinajstić information content (AvgIpc) is 2.82. The van der Waals surface area contributed by atoms with Gasteiger partial charge in [0.1, 0.15) is 12.1 Å². The fraction of sp³-hybridized carbons (Fsp3) is 0.643. The van der Waals surface area contributed by atoms with Crippen LogP contribution in [0.25, 0.3) is 0 Å². The van der Waals surface area contributed by atoms with Gasteiger partial charge in [0, 0.05) is 24.7 Å². The summed E-state index contributed by atoms with van der Waals surface area (Å²) < 4.78 is 0. The average molecular weight is 519 g/mol. The summed E-state index contributed by atoms with van der Waals surface area (Å²) >= 11 is 0. The standard InChI is InChI=1S/C28H46N4O5/c1-20(2)14-10-8-6-5-7-9-11-16-25(35)32-26(22(4)33)28(37)31-23-15-12-13-19-29-24(34)18-17-21(3)30-27(23)36/h7,9,11,16-18,20-23,26,33H,5-6,8,10,12-15,19H2,1-4H3,(H,29,34)(H,30,36)(H,31,37)(H,32,35)/b9-7+,16-11+,18-17+/t21-,22+,23-,26-/m0/s1. The van der Waals surface area contributed by atoms with Crippen molar-refractivity contribution in [3.63, 3.8) is 0 Å². The van der Waals surface area contributed by atoms with Crippen molar-refractivity contribution in [3.8, 4) is 0 Å². The molecule has 1 aliphatic heterocycles. The van der Waals surface area contributed by atoms with Crippen LogP contribution < -0.4 is 21.3 Å². The smallest absolute Gasteiger partial charge is 0.245 e. The van der Waals surface area contributed by atoms with Crippen molar-refractivity contribution in [2.24, 2.45) is 5.92 Å². The first-order chi connectivity index (χ1) is 17.6. The molecular formula is C28H46N4O5. The molecule has 0 saturated heterocycles. The van der Waals surface area contributed by atoms with Gasteiger partial charge in [0.25, 0.3) is 0 Å². The Balaban J connectivity index is 2.63. The minimum atomic E-state index is -1.21. The molecule has 5 N–H and O–H groups in total. The number of hydrogen-bond donors (Lipinski definition) is 5. The van der Waals surface area contributed by atoms with Gasteiger partial charge in [-0.05, 0) is 51.9 Å². The van der Waals surface area contributed by atoms with Gasteiger partial charge in [0.05, 0.1) is 6.10 Å². The summed E-state index contributed by atoms with van der Waals surface area (Å²) in [6.45, 7) is 8.04. The van der Waals surface area contributed by atoms with Crippen LogP contribution in [0.1, 0.15) is 79.1 Å². The Hall–Kier alpha value is -2.94. The van der Waals surface area contributed by atoms with Crippen molar-refractivity contribution in [3.05, 3.63) is 36.5 Å². The first kappa shape index (κ1) is 32.1. The van der Waals surface area contributed by atoms with Gasteiger partial charge >= 0.3 is 0 Å². The van der Waals surface area contributed by atoms with Crippen molar-refractivity contribution in [1.29, 1.82) is 0 Å². The number of amides is 4. The van der Waals surface area contributed by atoms with E-state index in [1.165, 1.54) is 38.3 Å². The monoisotopic (exact) mass is 518 g/mol. The van der Waals surface area contributed by atoms with E-state index in [1.807, 2.05) is 6.08 Å². The number of hydrogen-bond acceptors (Lipinski definition) is 5. The third kappa shape index (κ3) is 15.0. The molecule has 9 nitrogen and oxygen atoms in total. The summed E-state index contributed by atoms with van der Waals surface area (Å²) in [6, 6.07) is -2.47. The van der Waals surface area contributed by atoms with E-state index in [4.69, 9.17) is 0 Å². The highest BCUT2D eigenvalue weighted by Crippen LogP contribution is 2.09. The molecule has 0 aromatic carbocycles. The number of nitrogens with one attached hydrogen (secondary N) is 4. The molecule has 1 heterocycles. The van der Waals surface area contributed by atoms with E-state index in [9.17, 15) is 24.3 Å². The highest BCUT2D eigenvalue weighted by molar-refractivity contribution is 5.95. The van der Waals surface area contributed by atoms with Crippen LogP contribution in [0.4, 0.5) is 0 Å². The summed E-state index contributed by atoms with van der Waals surface area (Å²) in [6.07, 6.45) is 15.8. The lowest BCUT2D eigenvalue weighted by Crippen LogP contribution is -2.57. The van der Waals surface area contributed by atoms with E-state index in [-0.39, 0.29) is 5.91 Å². The number of aliphatic hydroxyl groups is 1. The van der Waals surface area contributed by atoms with Gasteiger partial charge in [-0.3, -0.25) is 19.2 Å². The van der Waals surface area contributed by atoms with Crippen LogP contribution in [0.2, 0.25) is 0 Å². The quantitative estimate of drug-likeness (QED) is 0.154. The molecule has 4 atom stereocenters. The van der Waals surface area contributed by atoms with E-state index in [0.29, 0.717) is 25.8 Å². The lowest BCUT2D eigenvalue weighted by molar-refractivity contribution is -0.133. The Bertz CT molecular complexity index is 819. The predicted molar refractivity (Wildman–Crippen MR) is 145 cm³/mol. The van der Waals surface area contributed by atoms with Crippen LogP contribution in [0, 0.1) is 5.92 Å². The minimum Gasteiger partial charge on any atom is -0.391 e. The molecule has 0 unspecified atom stereocenters. The molecule has 1 rings (SSSR count). The molecule has 0 aromatic heterocycles. The summed E-state index contributed by atoms with van der Waals surface area (Å²) in [7, 11) is 0. The molecule has 0 bridgehead atoms. The fourth-order valence-corrected chi connectivity index (χ4v) is 3.80. The normalized spacial score (nSPS) is 22.0. The summed E-state index contributed by atoms with van der Waals surface area (Å²) in [5.41, 5.74) is 0. The molecule has 0 spiro atoms. The third-order valence-electron chi connectivity index (χ3n) is 5.97. The lowest BCUT2D eigenvalue weighted by Gasteiger charge is -2.25. The number of allylic oxidation sites excluding steroid dienone is 3. The lowest BCUT2D eigenvalue weighted by atomic mass is 10.0. The van der Waals surface area contributed by atoms with Gasteiger partial charge in [-0.2, -0.15) is 0 Å². The molecule has 0 fully saturated rings. The fourth-order valence-electron chi connectivity index (χ4n) is 3.80. The van der Waals surface area contributed by atoms with Crippen molar-refractivity contribution in [2.45, 2.75) is 103 Å². The highest BCUT2D eigenvalue weighted by atomic mass is 16.3. The maximum absolute atomic E-state index is 12.9.